The van der Waals surface area contributed by atoms with E-state index in [2.05, 4.69) is 25.7 Å². The van der Waals surface area contributed by atoms with Gasteiger partial charge in [-0.15, -0.1) is 0 Å². The smallest absolute Gasteiger partial charge is 0.388 e. The standard InChI is InChI=1S/C20H19F2N5O2/c21-20(22)29-17-8-6-14(10-23-17)16-7-9-18(28)27(26-16)12-15-11-24-25-19(15)13-4-2-1-3-5-13/h1-10,15,19-20,24-25H,11-12H2. The molecule has 150 valence electrons. The van der Waals surface area contributed by atoms with Crippen molar-refractivity contribution in [1.82, 2.24) is 25.6 Å². The molecule has 0 amide bonds. The second-order valence-corrected chi connectivity index (χ2v) is 6.68. The van der Waals surface area contributed by atoms with Gasteiger partial charge in [0.15, 0.2) is 0 Å². The maximum atomic E-state index is 12.3. The lowest BCUT2D eigenvalue weighted by Crippen LogP contribution is -2.29. The van der Waals surface area contributed by atoms with Gasteiger partial charge in [0.1, 0.15) is 0 Å². The van der Waals surface area contributed by atoms with E-state index in [4.69, 9.17) is 0 Å². The first-order valence-electron chi connectivity index (χ1n) is 9.13. The van der Waals surface area contributed by atoms with Gasteiger partial charge in [0.25, 0.3) is 5.56 Å². The first kappa shape index (κ1) is 19.2. The predicted molar refractivity (Wildman–Crippen MR) is 102 cm³/mol. The van der Waals surface area contributed by atoms with Gasteiger partial charge < -0.3 is 4.74 Å². The Morgan fingerprint density at radius 2 is 1.97 bits per heavy atom. The Hall–Kier alpha value is -3.17. The number of hydrogen-bond donors (Lipinski definition) is 2. The van der Waals surface area contributed by atoms with Crippen LogP contribution in [-0.4, -0.2) is 27.9 Å². The summed E-state index contributed by atoms with van der Waals surface area (Å²) in [5, 5.41) is 4.44. The summed E-state index contributed by atoms with van der Waals surface area (Å²) in [6, 6.07) is 16.0. The quantitative estimate of drug-likeness (QED) is 0.663. The molecule has 0 bridgehead atoms. The molecule has 0 saturated carbocycles. The lowest BCUT2D eigenvalue weighted by atomic mass is 9.95. The van der Waals surface area contributed by atoms with Gasteiger partial charge in [-0.2, -0.15) is 13.9 Å². The van der Waals surface area contributed by atoms with Crippen molar-refractivity contribution in [3.05, 3.63) is 76.7 Å². The van der Waals surface area contributed by atoms with Crippen molar-refractivity contribution in [2.24, 2.45) is 5.92 Å². The Labute approximate surface area is 165 Å². The van der Waals surface area contributed by atoms with Crippen LogP contribution in [-0.2, 0) is 6.54 Å². The Morgan fingerprint density at radius 3 is 2.69 bits per heavy atom. The minimum Gasteiger partial charge on any atom is -0.417 e. The molecule has 29 heavy (non-hydrogen) atoms. The molecule has 1 aromatic carbocycles. The molecular weight excluding hydrogens is 380 g/mol. The number of rotatable bonds is 6. The number of aromatic nitrogens is 3. The van der Waals surface area contributed by atoms with Crippen molar-refractivity contribution in [2.45, 2.75) is 19.2 Å². The van der Waals surface area contributed by atoms with Crippen LogP contribution in [0.4, 0.5) is 8.78 Å². The largest absolute Gasteiger partial charge is 0.417 e. The van der Waals surface area contributed by atoms with Gasteiger partial charge in [-0.25, -0.2) is 15.1 Å². The topological polar surface area (TPSA) is 81.1 Å². The van der Waals surface area contributed by atoms with E-state index >= 15 is 0 Å². The molecule has 4 rings (SSSR count). The number of alkyl halides is 2. The van der Waals surface area contributed by atoms with E-state index < -0.39 is 6.61 Å². The van der Waals surface area contributed by atoms with E-state index in [1.807, 2.05) is 30.3 Å². The van der Waals surface area contributed by atoms with Gasteiger partial charge in [-0.05, 0) is 17.7 Å². The molecule has 1 saturated heterocycles. The zero-order valence-corrected chi connectivity index (χ0v) is 15.3. The summed E-state index contributed by atoms with van der Waals surface area (Å²) in [5.41, 5.74) is 8.45. The fourth-order valence-electron chi connectivity index (χ4n) is 3.37. The zero-order chi connectivity index (χ0) is 20.2. The second-order valence-electron chi connectivity index (χ2n) is 6.68. The van der Waals surface area contributed by atoms with E-state index in [1.54, 1.807) is 12.1 Å². The summed E-state index contributed by atoms with van der Waals surface area (Å²) in [6.07, 6.45) is 1.39. The van der Waals surface area contributed by atoms with Crippen LogP contribution < -0.4 is 21.1 Å². The van der Waals surface area contributed by atoms with Crippen LogP contribution in [0.5, 0.6) is 5.88 Å². The second kappa shape index (κ2) is 8.46. The van der Waals surface area contributed by atoms with E-state index in [9.17, 15) is 13.6 Å². The van der Waals surface area contributed by atoms with Crippen molar-refractivity contribution in [3.8, 4) is 17.1 Å². The molecule has 1 fully saturated rings. The van der Waals surface area contributed by atoms with Crippen molar-refractivity contribution < 1.29 is 13.5 Å². The summed E-state index contributed by atoms with van der Waals surface area (Å²) >= 11 is 0. The third kappa shape index (κ3) is 4.47. The molecule has 7 nitrogen and oxygen atoms in total. The number of benzene rings is 1. The molecule has 2 unspecified atom stereocenters. The molecule has 0 aliphatic carbocycles. The minimum absolute atomic E-state index is 0.0565. The van der Waals surface area contributed by atoms with Gasteiger partial charge >= 0.3 is 6.61 Å². The fourth-order valence-corrected chi connectivity index (χ4v) is 3.37. The number of pyridine rings is 1. The molecule has 0 spiro atoms. The third-order valence-electron chi connectivity index (χ3n) is 4.77. The summed E-state index contributed by atoms with van der Waals surface area (Å²) in [7, 11) is 0. The van der Waals surface area contributed by atoms with Gasteiger partial charge in [0.2, 0.25) is 5.88 Å². The van der Waals surface area contributed by atoms with E-state index in [0.717, 1.165) is 5.56 Å². The van der Waals surface area contributed by atoms with Crippen LogP contribution in [0.3, 0.4) is 0 Å². The molecule has 2 N–H and O–H groups in total. The molecule has 0 radical (unpaired) electrons. The Balaban J connectivity index is 1.55. The van der Waals surface area contributed by atoms with Crippen LogP contribution in [0.1, 0.15) is 11.6 Å². The molecular formula is C20H19F2N5O2. The number of hydrogen-bond acceptors (Lipinski definition) is 6. The van der Waals surface area contributed by atoms with E-state index in [-0.39, 0.29) is 23.4 Å². The highest BCUT2D eigenvalue weighted by Crippen LogP contribution is 2.26. The average molecular weight is 399 g/mol. The van der Waals surface area contributed by atoms with Crippen molar-refractivity contribution >= 4 is 0 Å². The van der Waals surface area contributed by atoms with Crippen LogP contribution in [0.25, 0.3) is 11.3 Å². The molecule has 2 atom stereocenters. The van der Waals surface area contributed by atoms with Crippen LogP contribution >= 0.6 is 0 Å². The highest BCUT2D eigenvalue weighted by Gasteiger charge is 2.29. The number of nitrogens with one attached hydrogen (secondary N) is 2. The minimum atomic E-state index is -2.93. The molecule has 2 aromatic heterocycles. The van der Waals surface area contributed by atoms with Crippen molar-refractivity contribution in [2.75, 3.05) is 6.54 Å². The summed E-state index contributed by atoms with van der Waals surface area (Å²) in [5.74, 6) is -0.0522. The average Bonchev–Trinajstić information content (AvgIpc) is 3.19. The Morgan fingerprint density at radius 1 is 1.14 bits per heavy atom. The summed E-state index contributed by atoms with van der Waals surface area (Å²) in [6.45, 7) is -1.81. The number of halogens is 2. The van der Waals surface area contributed by atoms with E-state index in [1.165, 1.54) is 23.0 Å². The number of hydrazine groups is 1. The SMILES string of the molecule is O=c1ccc(-c2ccc(OC(F)F)nc2)nn1CC1CNNC1c1ccccc1. The Kier molecular flexibility index (Phi) is 5.59. The third-order valence-corrected chi connectivity index (χ3v) is 4.77. The van der Waals surface area contributed by atoms with Gasteiger partial charge in [-0.3, -0.25) is 10.2 Å². The van der Waals surface area contributed by atoms with Gasteiger partial charge in [-0.1, -0.05) is 30.3 Å². The molecule has 9 heteroatoms. The first-order chi connectivity index (χ1) is 14.1. The normalized spacial score (nSPS) is 18.9. The summed E-state index contributed by atoms with van der Waals surface area (Å²) in [4.78, 5) is 16.2. The first-order valence-corrected chi connectivity index (χ1v) is 9.13. The van der Waals surface area contributed by atoms with Crippen LogP contribution in [0, 0.1) is 5.92 Å². The lowest BCUT2D eigenvalue weighted by Gasteiger charge is -2.19. The molecule has 3 aromatic rings. The molecule has 1 aliphatic heterocycles. The fraction of sp³-hybridized carbons (Fsp3) is 0.250. The molecule has 3 heterocycles. The van der Waals surface area contributed by atoms with Gasteiger partial charge in [0, 0.05) is 36.4 Å². The van der Waals surface area contributed by atoms with E-state index in [0.29, 0.717) is 24.3 Å². The van der Waals surface area contributed by atoms with Crippen LogP contribution in [0.15, 0.2) is 65.6 Å². The zero-order valence-electron chi connectivity index (χ0n) is 15.3. The lowest BCUT2D eigenvalue weighted by molar-refractivity contribution is -0.0528. The monoisotopic (exact) mass is 399 g/mol. The van der Waals surface area contributed by atoms with Crippen molar-refractivity contribution in [1.29, 1.82) is 0 Å². The predicted octanol–water partition coefficient (Wildman–Crippen LogP) is 2.37. The maximum absolute atomic E-state index is 12.3. The number of nitrogens with zero attached hydrogens (tertiary/aromatic N) is 3. The molecule has 1 aliphatic rings. The Bertz CT molecular complexity index is 1010. The summed E-state index contributed by atoms with van der Waals surface area (Å²) < 4.78 is 30.2. The highest BCUT2D eigenvalue weighted by atomic mass is 19.3. The van der Waals surface area contributed by atoms with Gasteiger partial charge in [0.05, 0.1) is 18.3 Å². The highest BCUT2D eigenvalue weighted by molar-refractivity contribution is 5.57. The maximum Gasteiger partial charge on any atom is 0.388 e. The van der Waals surface area contributed by atoms with Crippen molar-refractivity contribution in [3.63, 3.8) is 0 Å². The van der Waals surface area contributed by atoms with Crippen LogP contribution in [0.2, 0.25) is 0 Å². The number of ether oxygens (including phenoxy) is 1.